The van der Waals surface area contributed by atoms with Crippen LogP contribution in [-0.4, -0.2) is 16.5 Å². The first-order valence-electron chi connectivity index (χ1n) is 7.11. The van der Waals surface area contributed by atoms with Crippen molar-refractivity contribution in [3.8, 4) is 0 Å². The van der Waals surface area contributed by atoms with Crippen LogP contribution >= 0.6 is 0 Å². The van der Waals surface area contributed by atoms with E-state index in [4.69, 9.17) is 0 Å². The zero-order chi connectivity index (χ0) is 14.4. The van der Waals surface area contributed by atoms with Crippen molar-refractivity contribution in [2.24, 2.45) is 0 Å². The summed E-state index contributed by atoms with van der Waals surface area (Å²) in [5.74, 6) is 1.84. The van der Waals surface area contributed by atoms with E-state index >= 15 is 0 Å². The molecule has 2 N–H and O–H groups in total. The standard InChI is InChI=1S/C16H22N4/c1-4-14-15(17-5-2)19-11-20-16(14)18-10-13-8-6-7-12(3)9-13/h6-9,11H,4-5,10H2,1-3H3,(H2,17,18,19,20). The van der Waals surface area contributed by atoms with Crippen LogP contribution in [-0.2, 0) is 13.0 Å². The van der Waals surface area contributed by atoms with Gasteiger partial charge in [-0.2, -0.15) is 0 Å². The van der Waals surface area contributed by atoms with Crippen LogP contribution in [0.3, 0.4) is 0 Å². The Balaban J connectivity index is 2.14. The molecule has 4 nitrogen and oxygen atoms in total. The van der Waals surface area contributed by atoms with Crippen molar-refractivity contribution >= 4 is 11.6 Å². The molecule has 0 spiro atoms. The summed E-state index contributed by atoms with van der Waals surface area (Å²) in [4.78, 5) is 8.67. The van der Waals surface area contributed by atoms with Crippen LogP contribution in [0.25, 0.3) is 0 Å². The summed E-state index contributed by atoms with van der Waals surface area (Å²) in [6.07, 6.45) is 2.51. The lowest BCUT2D eigenvalue weighted by Gasteiger charge is -2.14. The van der Waals surface area contributed by atoms with Crippen LogP contribution in [0.15, 0.2) is 30.6 Å². The lowest BCUT2D eigenvalue weighted by Crippen LogP contribution is -2.09. The van der Waals surface area contributed by atoms with Crippen molar-refractivity contribution < 1.29 is 0 Å². The maximum Gasteiger partial charge on any atom is 0.134 e. The number of rotatable bonds is 6. The molecule has 20 heavy (non-hydrogen) atoms. The highest BCUT2D eigenvalue weighted by Gasteiger charge is 2.08. The molecule has 1 aromatic heterocycles. The van der Waals surface area contributed by atoms with Crippen LogP contribution in [0.1, 0.15) is 30.5 Å². The molecule has 0 bridgehead atoms. The van der Waals surface area contributed by atoms with Gasteiger partial charge in [-0.05, 0) is 25.8 Å². The van der Waals surface area contributed by atoms with Gasteiger partial charge in [-0.15, -0.1) is 0 Å². The minimum absolute atomic E-state index is 0.775. The summed E-state index contributed by atoms with van der Waals surface area (Å²) in [5, 5.41) is 6.70. The van der Waals surface area contributed by atoms with E-state index in [1.165, 1.54) is 11.1 Å². The average Bonchev–Trinajstić information content (AvgIpc) is 2.45. The molecule has 0 amide bonds. The molecule has 0 saturated carbocycles. The van der Waals surface area contributed by atoms with E-state index in [0.717, 1.165) is 36.7 Å². The molecule has 0 aliphatic heterocycles. The second-order valence-electron chi connectivity index (χ2n) is 4.78. The van der Waals surface area contributed by atoms with Crippen LogP contribution in [0.4, 0.5) is 11.6 Å². The Labute approximate surface area is 120 Å². The van der Waals surface area contributed by atoms with Gasteiger partial charge in [0.1, 0.15) is 18.0 Å². The number of anilines is 2. The molecule has 0 aliphatic rings. The monoisotopic (exact) mass is 270 g/mol. The van der Waals surface area contributed by atoms with Crippen molar-refractivity contribution in [2.75, 3.05) is 17.2 Å². The van der Waals surface area contributed by atoms with E-state index in [1.54, 1.807) is 6.33 Å². The molecule has 2 rings (SSSR count). The van der Waals surface area contributed by atoms with Gasteiger partial charge >= 0.3 is 0 Å². The molecule has 0 fully saturated rings. The molecule has 1 heterocycles. The van der Waals surface area contributed by atoms with E-state index < -0.39 is 0 Å². The Morgan fingerprint density at radius 1 is 1.05 bits per heavy atom. The van der Waals surface area contributed by atoms with Crippen LogP contribution in [0.5, 0.6) is 0 Å². The molecule has 0 saturated heterocycles. The first-order valence-corrected chi connectivity index (χ1v) is 7.11. The zero-order valence-electron chi connectivity index (χ0n) is 12.4. The third-order valence-electron chi connectivity index (χ3n) is 3.19. The first kappa shape index (κ1) is 14.3. The van der Waals surface area contributed by atoms with E-state index in [1.807, 2.05) is 0 Å². The normalized spacial score (nSPS) is 10.3. The Morgan fingerprint density at radius 3 is 2.45 bits per heavy atom. The number of nitrogens with zero attached hydrogens (tertiary/aromatic N) is 2. The minimum atomic E-state index is 0.775. The van der Waals surface area contributed by atoms with Crippen LogP contribution < -0.4 is 10.6 Å². The fourth-order valence-corrected chi connectivity index (χ4v) is 2.23. The van der Waals surface area contributed by atoms with Crippen molar-refractivity contribution in [3.63, 3.8) is 0 Å². The summed E-state index contributed by atoms with van der Waals surface area (Å²) in [5.41, 5.74) is 3.67. The highest BCUT2D eigenvalue weighted by Crippen LogP contribution is 2.20. The van der Waals surface area contributed by atoms with Gasteiger partial charge in [-0.25, -0.2) is 9.97 Å². The van der Waals surface area contributed by atoms with Crippen molar-refractivity contribution in [3.05, 3.63) is 47.3 Å². The van der Waals surface area contributed by atoms with E-state index in [0.29, 0.717) is 0 Å². The third-order valence-corrected chi connectivity index (χ3v) is 3.19. The molecule has 4 heteroatoms. The lowest BCUT2D eigenvalue weighted by molar-refractivity contribution is 0.999. The summed E-state index contributed by atoms with van der Waals surface area (Å²) < 4.78 is 0. The largest absolute Gasteiger partial charge is 0.370 e. The minimum Gasteiger partial charge on any atom is -0.370 e. The van der Waals surface area contributed by atoms with E-state index in [-0.39, 0.29) is 0 Å². The summed E-state index contributed by atoms with van der Waals surface area (Å²) in [7, 11) is 0. The smallest absolute Gasteiger partial charge is 0.134 e. The molecular formula is C16H22N4. The maximum absolute atomic E-state index is 4.37. The number of hydrogen-bond donors (Lipinski definition) is 2. The average molecular weight is 270 g/mol. The predicted octanol–water partition coefficient (Wildman–Crippen LogP) is 3.39. The Hall–Kier alpha value is -2.10. The van der Waals surface area contributed by atoms with Gasteiger partial charge in [0.25, 0.3) is 0 Å². The SMILES string of the molecule is CCNc1ncnc(NCc2cccc(C)c2)c1CC. The molecule has 0 unspecified atom stereocenters. The topological polar surface area (TPSA) is 49.8 Å². The Kier molecular flexibility index (Phi) is 4.93. The number of hydrogen-bond acceptors (Lipinski definition) is 4. The third kappa shape index (κ3) is 3.47. The molecule has 0 radical (unpaired) electrons. The molecule has 0 atom stereocenters. The predicted molar refractivity (Wildman–Crippen MR) is 84.1 cm³/mol. The van der Waals surface area contributed by atoms with Crippen LogP contribution in [0, 0.1) is 6.92 Å². The van der Waals surface area contributed by atoms with Crippen LogP contribution in [0.2, 0.25) is 0 Å². The lowest BCUT2D eigenvalue weighted by atomic mass is 10.1. The van der Waals surface area contributed by atoms with Gasteiger partial charge < -0.3 is 10.6 Å². The van der Waals surface area contributed by atoms with Gasteiger partial charge in [0.05, 0.1) is 0 Å². The number of benzene rings is 1. The maximum atomic E-state index is 4.37. The zero-order valence-corrected chi connectivity index (χ0v) is 12.4. The van der Waals surface area contributed by atoms with Crippen molar-refractivity contribution in [1.82, 2.24) is 9.97 Å². The van der Waals surface area contributed by atoms with Gasteiger partial charge in [0.2, 0.25) is 0 Å². The van der Waals surface area contributed by atoms with E-state index in [9.17, 15) is 0 Å². The molecule has 0 aliphatic carbocycles. The van der Waals surface area contributed by atoms with E-state index in [2.05, 4.69) is 65.6 Å². The molecular weight excluding hydrogens is 248 g/mol. The van der Waals surface area contributed by atoms with Gasteiger partial charge in [0, 0.05) is 18.7 Å². The number of aryl methyl sites for hydroxylation is 1. The van der Waals surface area contributed by atoms with Gasteiger partial charge in [-0.1, -0.05) is 36.8 Å². The molecule has 2 aromatic rings. The molecule has 1 aromatic carbocycles. The van der Waals surface area contributed by atoms with Crippen molar-refractivity contribution in [1.29, 1.82) is 0 Å². The fraction of sp³-hybridized carbons (Fsp3) is 0.375. The Bertz CT molecular complexity index is 566. The Morgan fingerprint density at radius 2 is 1.80 bits per heavy atom. The second kappa shape index (κ2) is 6.89. The quantitative estimate of drug-likeness (QED) is 0.844. The number of nitrogens with one attached hydrogen (secondary N) is 2. The highest BCUT2D eigenvalue weighted by atomic mass is 15.1. The highest BCUT2D eigenvalue weighted by molar-refractivity contribution is 5.57. The first-order chi connectivity index (χ1) is 9.74. The summed E-state index contributed by atoms with van der Waals surface area (Å²) in [6, 6.07) is 8.50. The number of aromatic nitrogens is 2. The molecule has 106 valence electrons. The van der Waals surface area contributed by atoms with Gasteiger partial charge in [-0.3, -0.25) is 0 Å². The van der Waals surface area contributed by atoms with Crippen molar-refractivity contribution in [2.45, 2.75) is 33.7 Å². The fourth-order valence-electron chi connectivity index (χ4n) is 2.23. The summed E-state index contributed by atoms with van der Waals surface area (Å²) >= 11 is 0. The van der Waals surface area contributed by atoms with Gasteiger partial charge in [0.15, 0.2) is 0 Å². The summed E-state index contributed by atoms with van der Waals surface area (Å²) in [6.45, 7) is 7.94. The second-order valence-corrected chi connectivity index (χ2v) is 4.78.